The summed E-state index contributed by atoms with van der Waals surface area (Å²) in [5.74, 6) is 0. The van der Waals surface area contributed by atoms with Crippen molar-refractivity contribution in [3.8, 4) is 0 Å². The SMILES string of the molecule is c1ccc2c(c1)CCN[C@H]2[C@@H]1NCCc2ccccc21. The molecule has 20 heavy (non-hydrogen) atoms. The second-order valence-electron chi connectivity index (χ2n) is 5.76. The second-order valence-corrected chi connectivity index (χ2v) is 5.76. The highest BCUT2D eigenvalue weighted by atomic mass is 15.0. The smallest absolute Gasteiger partial charge is 0.0521 e. The molecular weight excluding hydrogens is 244 g/mol. The Balaban J connectivity index is 1.77. The molecule has 2 N–H and O–H groups in total. The predicted octanol–water partition coefficient (Wildman–Crippen LogP) is 2.76. The van der Waals surface area contributed by atoms with Gasteiger partial charge >= 0.3 is 0 Å². The normalized spacial score (nSPS) is 24.8. The van der Waals surface area contributed by atoms with Crippen LogP contribution in [0.15, 0.2) is 48.5 Å². The summed E-state index contributed by atoms with van der Waals surface area (Å²) in [6, 6.07) is 18.5. The number of nitrogens with one attached hydrogen (secondary N) is 2. The third-order valence-electron chi connectivity index (χ3n) is 4.63. The molecule has 0 unspecified atom stereocenters. The van der Waals surface area contributed by atoms with Gasteiger partial charge in [-0.3, -0.25) is 0 Å². The van der Waals surface area contributed by atoms with Crippen molar-refractivity contribution >= 4 is 0 Å². The highest BCUT2D eigenvalue weighted by Gasteiger charge is 2.31. The Kier molecular flexibility index (Phi) is 3.06. The van der Waals surface area contributed by atoms with Crippen LogP contribution in [-0.2, 0) is 12.8 Å². The van der Waals surface area contributed by atoms with Crippen molar-refractivity contribution in [3.05, 3.63) is 70.8 Å². The minimum Gasteiger partial charge on any atom is -0.308 e. The zero-order valence-electron chi connectivity index (χ0n) is 11.6. The van der Waals surface area contributed by atoms with Crippen LogP contribution in [0.5, 0.6) is 0 Å². The molecule has 0 fully saturated rings. The van der Waals surface area contributed by atoms with Gasteiger partial charge in [-0.2, -0.15) is 0 Å². The van der Waals surface area contributed by atoms with E-state index in [1.54, 1.807) is 0 Å². The van der Waals surface area contributed by atoms with E-state index >= 15 is 0 Å². The molecule has 2 atom stereocenters. The third-order valence-corrected chi connectivity index (χ3v) is 4.63. The molecule has 2 aliphatic rings. The molecule has 2 aromatic carbocycles. The zero-order chi connectivity index (χ0) is 13.4. The molecule has 2 heterocycles. The first-order valence-corrected chi connectivity index (χ1v) is 7.56. The monoisotopic (exact) mass is 264 g/mol. The first-order chi connectivity index (χ1) is 9.93. The van der Waals surface area contributed by atoms with Crippen LogP contribution in [0.1, 0.15) is 34.3 Å². The molecule has 0 radical (unpaired) electrons. The minimum atomic E-state index is 0.390. The summed E-state index contributed by atoms with van der Waals surface area (Å²) in [4.78, 5) is 0. The van der Waals surface area contributed by atoms with Gasteiger partial charge in [-0.05, 0) is 48.2 Å². The topological polar surface area (TPSA) is 24.1 Å². The molecule has 0 bridgehead atoms. The number of hydrogen-bond acceptors (Lipinski definition) is 2. The molecule has 0 saturated carbocycles. The summed E-state index contributed by atoms with van der Waals surface area (Å²) in [5.41, 5.74) is 5.93. The van der Waals surface area contributed by atoms with E-state index in [4.69, 9.17) is 0 Å². The Morgan fingerprint density at radius 1 is 0.650 bits per heavy atom. The van der Waals surface area contributed by atoms with Gasteiger partial charge in [-0.1, -0.05) is 48.5 Å². The van der Waals surface area contributed by atoms with Gasteiger partial charge in [0.1, 0.15) is 0 Å². The maximum atomic E-state index is 3.72. The Morgan fingerprint density at radius 3 is 1.60 bits per heavy atom. The summed E-state index contributed by atoms with van der Waals surface area (Å²) in [7, 11) is 0. The molecule has 102 valence electrons. The van der Waals surface area contributed by atoms with Crippen LogP contribution < -0.4 is 10.6 Å². The molecule has 0 aromatic heterocycles. The van der Waals surface area contributed by atoms with Gasteiger partial charge in [0.25, 0.3) is 0 Å². The van der Waals surface area contributed by atoms with Crippen molar-refractivity contribution in [2.75, 3.05) is 13.1 Å². The molecule has 4 rings (SSSR count). The molecule has 2 aliphatic heterocycles. The lowest BCUT2D eigenvalue weighted by molar-refractivity contribution is 0.359. The second kappa shape index (κ2) is 5.04. The van der Waals surface area contributed by atoms with Crippen molar-refractivity contribution in [3.63, 3.8) is 0 Å². The van der Waals surface area contributed by atoms with E-state index < -0.39 is 0 Å². The van der Waals surface area contributed by atoms with Crippen LogP contribution in [0.4, 0.5) is 0 Å². The van der Waals surface area contributed by atoms with E-state index in [2.05, 4.69) is 59.2 Å². The zero-order valence-corrected chi connectivity index (χ0v) is 11.6. The minimum absolute atomic E-state index is 0.390. The molecule has 0 saturated heterocycles. The largest absolute Gasteiger partial charge is 0.308 e. The number of rotatable bonds is 1. The molecule has 0 aliphatic carbocycles. The lowest BCUT2D eigenvalue weighted by Gasteiger charge is -2.37. The van der Waals surface area contributed by atoms with Gasteiger partial charge in [-0.25, -0.2) is 0 Å². The number of benzene rings is 2. The average molecular weight is 264 g/mol. The molecular formula is C18H20N2. The first-order valence-electron chi connectivity index (χ1n) is 7.56. The van der Waals surface area contributed by atoms with E-state index in [9.17, 15) is 0 Å². The fourth-order valence-corrected chi connectivity index (χ4v) is 3.67. The van der Waals surface area contributed by atoms with Crippen LogP contribution in [-0.4, -0.2) is 13.1 Å². The van der Waals surface area contributed by atoms with E-state index in [0.717, 1.165) is 25.9 Å². The molecule has 0 amide bonds. The number of fused-ring (bicyclic) bond motifs is 2. The van der Waals surface area contributed by atoms with Crippen LogP contribution in [0, 0.1) is 0 Å². The lowest BCUT2D eigenvalue weighted by atomic mass is 9.83. The van der Waals surface area contributed by atoms with Crippen molar-refractivity contribution in [1.29, 1.82) is 0 Å². The fraction of sp³-hybridized carbons (Fsp3) is 0.333. The average Bonchev–Trinajstić information content (AvgIpc) is 2.54. The van der Waals surface area contributed by atoms with Gasteiger partial charge in [-0.15, -0.1) is 0 Å². The van der Waals surface area contributed by atoms with Gasteiger partial charge in [0.05, 0.1) is 12.1 Å². The van der Waals surface area contributed by atoms with Crippen molar-refractivity contribution < 1.29 is 0 Å². The Hall–Kier alpha value is -1.64. The van der Waals surface area contributed by atoms with Crippen LogP contribution >= 0.6 is 0 Å². The quantitative estimate of drug-likeness (QED) is 0.827. The van der Waals surface area contributed by atoms with Crippen LogP contribution in [0.2, 0.25) is 0 Å². The lowest BCUT2D eigenvalue weighted by Crippen LogP contribution is -2.42. The summed E-state index contributed by atoms with van der Waals surface area (Å²) in [5, 5.41) is 7.45. The van der Waals surface area contributed by atoms with Crippen molar-refractivity contribution in [2.24, 2.45) is 0 Å². The van der Waals surface area contributed by atoms with E-state index in [1.807, 2.05) is 0 Å². The summed E-state index contributed by atoms with van der Waals surface area (Å²) >= 11 is 0. The van der Waals surface area contributed by atoms with Gasteiger partial charge in [0.2, 0.25) is 0 Å². The summed E-state index contributed by atoms with van der Waals surface area (Å²) in [6.45, 7) is 2.14. The molecule has 2 heteroatoms. The van der Waals surface area contributed by atoms with E-state index in [-0.39, 0.29) is 0 Å². The maximum Gasteiger partial charge on any atom is 0.0521 e. The predicted molar refractivity (Wildman–Crippen MR) is 81.8 cm³/mol. The van der Waals surface area contributed by atoms with Crippen LogP contribution in [0.25, 0.3) is 0 Å². The third kappa shape index (κ3) is 1.96. The fourth-order valence-electron chi connectivity index (χ4n) is 3.67. The Labute approximate surface area is 120 Å². The van der Waals surface area contributed by atoms with Gasteiger partial charge < -0.3 is 10.6 Å². The molecule has 2 nitrogen and oxygen atoms in total. The van der Waals surface area contributed by atoms with Crippen molar-refractivity contribution in [2.45, 2.75) is 24.9 Å². The van der Waals surface area contributed by atoms with Gasteiger partial charge in [0, 0.05) is 0 Å². The Morgan fingerprint density at radius 2 is 1.10 bits per heavy atom. The highest BCUT2D eigenvalue weighted by Crippen LogP contribution is 2.36. The standard InChI is InChI=1S/C18H20N2/c1-3-7-15-13(5-1)9-11-19-17(15)18-16-8-4-2-6-14(16)10-12-20-18/h1-8,17-20H,9-12H2/t17-,18-/m1/s1. The van der Waals surface area contributed by atoms with Gasteiger partial charge in [0.15, 0.2) is 0 Å². The number of hydrogen-bond donors (Lipinski definition) is 2. The highest BCUT2D eigenvalue weighted by molar-refractivity contribution is 5.39. The first kappa shape index (κ1) is 12.1. The maximum absolute atomic E-state index is 3.72. The van der Waals surface area contributed by atoms with E-state index in [0.29, 0.717) is 12.1 Å². The Bertz CT molecular complexity index is 565. The molecule has 2 aromatic rings. The van der Waals surface area contributed by atoms with Crippen LogP contribution in [0.3, 0.4) is 0 Å². The van der Waals surface area contributed by atoms with Crippen molar-refractivity contribution in [1.82, 2.24) is 10.6 Å². The molecule has 0 spiro atoms. The summed E-state index contributed by atoms with van der Waals surface area (Å²) < 4.78 is 0. The van der Waals surface area contributed by atoms with E-state index in [1.165, 1.54) is 22.3 Å². The summed E-state index contributed by atoms with van der Waals surface area (Å²) in [6.07, 6.45) is 2.28.